The van der Waals surface area contributed by atoms with Gasteiger partial charge in [0.05, 0.1) is 0 Å². The molecule has 1 unspecified atom stereocenters. The highest BCUT2D eigenvalue weighted by atomic mass is 16.2. The molecule has 1 fully saturated rings. The van der Waals surface area contributed by atoms with Crippen LogP contribution in [0.15, 0.2) is 17.1 Å². The molecular weight excluding hydrogens is 234 g/mol. The first-order chi connectivity index (χ1) is 8.49. The molecule has 6 heteroatoms. The molecule has 2 amide bonds. The summed E-state index contributed by atoms with van der Waals surface area (Å²) in [6.45, 7) is 2.35. The van der Waals surface area contributed by atoms with Gasteiger partial charge in [0.1, 0.15) is 11.6 Å². The minimum atomic E-state index is -0.525. The molecule has 96 valence electrons. The average Bonchev–Trinajstić information content (AvgIpc) is 2.61. The van der Waals surface area contributed by atoms with Crippen LogP contribution in [0.3, 0.4) is 0 Å². The number of rotatable bonds is 2. The molecule has 0 saturated carbocycles. The van der Waals surface area contributed by atoms with Crippen molar-refractivity contribution in [1.82, 2.24) is 15.2 Å². The summed E-state index contributed by atoms with van der Waals surface area (Å²) in [5.41, 5.74) is 0.374. The second kappa shape index (κ2) is 4.64. The number of carbonyl (C=O) groups is 2. The number of aromatic nitrogens is 1. The molecule has 0 radical (unpaired) electrons. The maximum Gasteiger partial charge on any atom is 0.257 e. The van der Waals surface area contributed by atoms with Crippen LogP contribution in [0.25, 0.3) is 0 Å². The summed E-state index contributed by atoms with van der Waals surface area (Å²) in [6, 6.07) is 0.834. The second-order valence-corrected chi connectivity index (χ2v) is 4.47. The Labute approximate surface area is 104 Å². The number of aryl methyl sites for hydroxylation is 1. The summed E-state index contributed by atoms with van der Waals surface area (Å²) in [6.07, 6.45) is 1.95. The van der Waals surface area contributed by atoms with E-state index in [2.05, 4.69) is 10.3 Å². The van der Waals surface area contributed by atoms with E-state index in [4.69, 9.17) is 0 Å². The van der Waals surface area contributed by atoms with E-state index in [9.17, 15) is 14.4 Å². The van der Waals surface area contributed by atoms with E-state index in [0.717, 1.165) is 0 Å². The molecule has 0 aromatic carbocycles. The number of nitrogens with zero attached hydrogens (tertiary/aromatic N) is 1. The Balaban J connectivity index is 2.13. The third-order valence-corrected chi connectivity index (χ3v) is 3.03. The molecular formula is C12H15N3O3. The monoisotopic (exact) mass is 249 g/mol. The van der Waals surface area contributed by atoms with Crippen molar-refractivity contribution in [3.63, 3.8) is 0 Å². The van der Waals surface area contributed by atoms with E-state index in [1.807, 2.05) is 0 Å². The highest BCUT2D eigenvalue weighted by Crippen LogP contribution is 2.08. The number of aromatic amines is 1. The van der Waals surface area contributed by atoms with E-state index < -0.39 is 11.9 Å². The van der Waals surface area contributed by atoms with Gasteiger partial charge in [-0.2, -0.15) is 0 Å². The molecule has 2 rings (SSSR count). The minimum Gasteiger partial charge on any atom is -0.364 e. The molecule has 6 nitrogen and oxygen atoms in total. The molecule has 1 aliphatic heterocycles. The van der Waals surface area contributed by atoms with Crippen LogP contribution in [-0.2, 0) is 4.79 Å². The van der Waals surface area contributed by atoms with Gasteiger partial charge in [-0.3, -0.25) is 14.4 Å². The van der Waals surface area contributed by atoms with Crippen LogP contribution in [0.4, 0.5) is 0 Å². The summed E-state index contributed by atoms with van der Waals surface area (Å²) in [4.78, 5) is 39.5. The molecule has 2 heterocycles. The van der Waals surface area contributed by atoms with Gasteiger partial charge in [0.2, 0.25) is 5.91 Å². The van der Waals surface area contributed by atoms with E-state index in [1.165, 1.54) is 12.3 Å². The minimum absolute atomic E-state index is 0.0305. The van der Waals surface area contributed by atoms with Crippen molar-refractivity contribution in [3.05, 3.63) is 33.7 Å². The largest absolute Gasteiger partial charge is 0.364 e. The summed E-state index contributed by atoms with van der Waals surface area (Å²) in [7, 11) is 1.69. The maximum atomic E-state index is 11.9. The van der Waals surface area contributed by atoms with Crippen LogP contribution >= 0.6 is 0 Å². The van der Waals surface area contributed by atoms with Crippen LogP contribution in [0.1, 0.15) is 22.5 Å². The predicted octanol–water partition coefficient (Wildman–Crippen LogP) is -0.356. The zero-order chi connectivity index (χ0) is 13.3. The lowest BCUT2D eigenvalue weighted by molar-refractivity contribution is -0.128. The quantitative estimate of drug-likeness (QED) is 0.751. The Morgan fingerprint density at radius 1 is 1.50 bits per heavy atom. The Kier molecular flexibility index (Phi) is 3.18. The van der Waals surface area contributed by atoms with Gasteiger partial charge in [0.25, 0.3) is 5.91 Å². The normalized spacial score (nSPS) is 19.1. The fraction of sp³-hybridized carbons (Fsp3) is 0.417. The van der Waals surface area contributed by atoms with Crippen LogP contribution in [0, 0.1) is 6.92 Å². The highest BCUT2D eigenvalue weighted by molar-refractivity contribution is 5.97. The smallest absolute Gasteiger partial charge is 0.257 e. The van der Waals surface area contributed by atoms with Gasteiger partial charge in [-0.15, -0.1) is 0 Å². The molecule has 2 N–H and O–H groups in total. The van der Waals surface area contributed by atoms with Gasteiger partial charge < -0.3 is 15.2 Å². The van der Waals surface area contributed by atoms with Crippen molar-refractivity contribution in [1.29, 1.82) is 0 Å². The third kappa shape index (κ3) is 2.27. The molecule has 0 bridgehead atoms. The first-order valence-electron chi connectivity index (χ1n) is 5.74. The number of pyridine rings is 1. The molecule has 1 atom stereocenters. The molecule has 1 aromatic heterocycles. The van der Waals surface area contributed by atoms with E-state index >= 15 is 0 Å². The lowest BCUT2D eigenvalue weighted by Gasteiger charge is -2.11. The lowest BCUT2D eigenvalue weighted by atomic mass is 10.2. The zero-order valence-corrected chi connectivity index (χ0v) is 10.3. The number of carbonyl (C=O) groups excluding carboxylic acids is 2. The van der Waals surface area contributed by atoms with E-state index in [0.29, 0.717) is 18.7 Å². The molecule has 1 saturated heterocycles. The van der Waals surface area contributed by atoms with Gasteiger partial charge >= 0.3 is 0 Å². The van der Waals surface area contributed by atoms with Gasteiger partial charge in [-0.25, -0.2) is 0 Å². The fourth-order valence-electron chi connectivity index (χ4n) is 1.94. The zero-order valence-electron chi connectivity index (χ0n) is 10.3. The number of likely N-dealkylation sites (N-methyl/N-ethyl adjacent to an activating group) is 1. The van der Waals surface area contributed by atoms with Gasteiger partial charge in [-0.1, -0.05) is 0 Å². The van der Waals surface area contributed by atoms with Crippen molar-refractivity contribution in [2.24, 2.45) is 0 Å². The summed E-state index contributed by atoms with van der Waals surface area (Å²) >= 11 is 0. The number of nitrogens with one attached hydrogen (secondary N) is 2. The van der Waals surface area contributed by atoms with Crippen molar-refractivity contribution >= 4 is 11.8 Å². The van der Waals surface area contributed by atoms with Crippen molar-refractivity contribution in [2.75, 3.05) is 13.6 Å². The third-order valence-electron chi connectivity index (χ3n) is 3.03. The Morgan fingerprint density at radius 2 is 2.22 bits per heavy atom. The van der Waals surface area contributed by atoms with Crippen LogP contribution in [0.2, 0.25) is 0 Å². The Bertz CT molecular complexity index is 550. The van der Waals surface area contributed by atoms with Gasteiger partial charge in [0.15, 0.2) is 5.43 Å². The van der Waals surface area contributed by atoms with Crippen LogP contribution < -0.4 is 10.7 Å². The van der Waals surface area contributed by atoms with E-state index in [1.54, 1.807) is 18.9 Å². The second-order valence-electron chi connectivity index (χ2n) is 4.47. The summed E-state index contributed by atoms with van der Waals surface area (Å²) in [5, 5.41) is 2.59. The fourth-order valence-corrected chi connectivity index (χ4v) is 1.94. The maximum absolute atomic E-state index is 11.9. The molecule has 0 spiro atoms. The SMILES string of the molecule is Cc1cc(=O)c(C(=O)NC2CCN(C)C2=O)c[nH]1. The molecule has 1 aliphatic rings. The summed E-state index contributed by atoms with van der Waals surface area (Å²) < 4.78 is 0. The van der Waals surface area contributed by atoms with Crippen LogP contribution in [-0.4, -0.2) is 41.3 Å². The van der Waals surface area contributed by atoms with Crippen molar-refractivity contribution in [3.8, 4) is 0 Å². The molecule has 1 aromatic rings. The number of amides is 2. The number of H-pyrrole nitrogens is 1. The van der Waals surface area contributed by atoms with Gasteiger partial charge in [-0.05, 0) is 13.3 Å². The van der Waals surface area contributed by atoms with Crippen LogP contribution in [0.5, 0.6) is 0 Å². The van der Waals surface area contributed by atoms with Crippen molar-refractivity contribution in [2.45, 2.75) is 19.4 Å². The number of hydrogen-bond donors (Lipinski definition) is 2. The Morgan fingerprint density at radius 3 is 2.78 bits per heavy atom. The lowest BCUT2D eigenvalue weighted by Crippen LogP contribution is -2.42. The Hall–Kier alpha value is -2.11. The summed E-state index contributed by atoms with van der Waals surface area (Å²) in [5.74, 6) is -0.628. The first kappa shape index (κ1) is 12.3. The average molecular weight is 249 g/mol. The standard InChI is InChI=1S/C12H15N3O3/c1-7-5-10(16)8(6-13-7)11(17)14-9-3-4-15(2)12(9)18/h5-6,9H,3-4H2,1-2H3,(H,13,16)(H,14,17). The van der Waals surface area contributed by atoms with E-state index in [-0.39, 0.29) is 16.9 Å². The van der Waals surface area contributed by atoms with Crippen molar-refractivity contribution < 1.29 is 9.59 Å². The molecule has 18 heavy (non-hydrogen) atoms. The predicted molar refractivity (Wildman–Crippen MR) is 65.3 cm³/mol. The highest BCUT2D eigenvalue weighted by Gasteiger charge is 2.30. The first-order valence-corrected chi connectivity index (χ1v) is 5.74. The van der Waals surface area contributed by atoms with Gasteiger partial charge in [0, 0.05) is 31.5 Å². The number of hydrogen-bond acceptors (Lipinski definition) is 3. The molecule has 0 aliphatic carbocycles. The number of likely N-dealkylation sites (tertiary alicyclic amines) is 1. The topological polar surface area (TPSA) is 82.3 Å².